The van der Waals surface area contributed by atoms with Gasteiger partial charge in [0.05, 0.1) is 25.7 Å². The fourth-order valence-electron chi connectivity index (χ4n) is 8.61. The van der Waals surface area contributed by atoms with E-state index in [9.17, 15) is 73.2 Å². The largest absolute Gasteiger partial charge is 0.481 e. The molecule has 13 N–H and O–H groups in total. The molecule has 9 amide bonds. The number of amides is 9. The zero-order valence-corrected chi connectivity index (χ0v) is 48.5. The summed E-state index contributed by atoms with van der Waals surface area (Å²) in [5.74, 6) is -13.4. The Bertz CT molecular complexity index is 2020. The van der Waals surface area contributed by atoms with E-state index in [-0.39, 0.29) is 49.9 Å². The highest BCUT2D eigenvalue weighted by atomic mass is 16.5. The molecule has 0 bridgehead atoms. The maximum Gasteiger partial charge on any atom is 0.329 e. The van der Waals surface area contributed by atoms with E-state index in [4.69, 9.17) is 4.74 Å². The number of aliphatic carboxylic acids is 1. The predicted octanol–water partition coefficient (Wildman–Crippen LogP) is 0.0962. The standard InChI is InChI=1S/C54H95N9O16/c1-13-15-16-17-18-19-34(66)25-41(67)55-36(22-28(3)4)47(71)56-35(20-21-42(68)69)46(70)63-45-33(12)79-54(78)44(32(11)14-2)62-51(75)40(27-65)60-48(72)37(23-29(5)6)57-50(74)39(26-64)59-49(73)38(24-30(7)8)58-52(76)43(31(9)10)61-53(45)77/h28-40,43-45,64-66H,13-27H2,1-12H3,(H,55,67)(H,56,71)(H,57,74)(H,58,76)(H,59,73)(H,60,72)(H,61,77)(H,62,75)(H,63,70)(H,68,69)/t32?,33-,34?,35+,36-,37-,38+,39+,40+,43+,44-,45?/m0/s1. The number of hydrogen-bond donors (Lipinski definition) is 13. The third-order valence-electron chi connectivity index (χ3n) is 13.4. The summed E-state index contributed by atoms with van der Waals surface area (Å²) >= 11 is 0. The third kappa shape index (κ3) is 26.3. The molecule has 79 heavy (non-hydrogen) atoms. The summed E-state index contributed by atoms with van der Waals surface area (Å²) in [6.45, 7) is 18.2. The van der Waals surface area contributed by atoms with Crippen molar-refractivity contribution in [3.63, 3.8) is 0 Å². The van der Waals surface area contributed by atoms with Crippen molar-refractivity contribution in [3.8, 4) is 0 Å². The monoisotopic (exact) mass is 1130 g/mol. The first kappa shape index (κ1) is 71.1. The van der Waals surface area contributed by atoms with Gasteiger partial charge < -0.3 is 73.0 Å². The van der Waals surface area contributed by atoms with Crippen LogP contribution in [0.3, 0.4) is 0 Å². The molecule has 0 aromatic rings. The van der Waals surface area contributed by atoms with Crippen molar-refractivity contribution in [1.82, 2.24) is 47.9 Å². The molecule has 0 aromatic carbocycles. The molecule has 0 aliphatic carbocycles. The van der Waals surface area contributed by atoms with E-state index >= 15 is 0 Å². The van der Waals surface area contributed by atoms with Crippen LogP contribution in [0.1, 0.15) is 167 Å². The summed E-state index contributed by atoms with van der Waals surface area (Å²) in [6, 6.07) is -14.1. The number of nitrogens with one attached hydrogen (secondary N) is 9. The Balaban J connectivity index is 3.99. The van der Waals surface area contributed by atoms with Crippen LogP contribution in [0, 0.1) is 29.6 Å². The molecule has 0 saturated carbocycles. The number of carbonyl (C=O) groups excluding carboxylic acids is 10. The van der Waals surface area contributed by atoms with Crippen molar-refractivity contribution in [2.45, 2.75) is 233 Å². The fraction of sp³-hybridized carbons (Fsp3) is 0.796. The molecule has 452 valence electrons. The summed E-state index contributed by atoms with van der Waals surface area (Å²) in [6.07, 6.45) is 1.05. The van der Waals surface area contributed by atoms with Gasteiger partial charge in [-0.1, -0.05) is 115 Å². The zero-order valence-electron chi connectivity index (χ0n) is 48.5. The number of esters is 1. The normalized spacial score (nSPS) is 24.0. The van der Waals surface area contributed by atoms with Gasteiger partial charge in [-0.05, 0) is 68.6 Å². The lowest BCUT2D eigenvalue weighted by molar-refractivity contribution is -0.158. The number of carboxylic acid groups (broad SMARTS) is 1. The SMILES string of the molecule is CCCCCCCC(O)CC(=O)N[C@@H](CC(C)C)C(=O)N[C@H](CCC(=O)O)C(=O)NC1C(=O)N[C@H](C(C)C)C(=O)N[C@H](CC(C)C)C(=O)N[C@H](CO)C(=O)N[C@@H](CC(C)C)C(=O)N[C@H](CO)C(=O)N[C@@H](C(C)CC)C(=O)O[C@H]1C. The molecule has 1 fully saturated rings. The van der Waals surface area contributed by atoms with Crippen LogP contribution >= 0.6 is 0 Å². The van der Waals surface area contributed by atoms with Crippen molar-refractivity contribution in [2.75, 3.05) is 13.2 Å². The van der Waals surface area contributed by atoms with Crippen LogP contribution in [0.15, 0.2) is 0 Å². The molecule has 25 heteroatoms. The maximum absolute atomic E-state index is 14.7. The van der Waals surface area contributed by atoms with E-state index in [0.29, 0.717) is 12.8 Å². The van der Waals surface area contributed by atoms with E-state index in [2.05, 4.69) is 54.8 Å². The van der Waals surface area contributed by atoms with E-state index < -0.39 is 170 Å². The second-order valence-corrected chi connectivity index (χ2v) is 22.4. The Morgan fingerprint density at radius 2 is 1.08 bits per heavy atom. The minimum Gasteiger partial charge on any atom is -0.481 e. The van der Waals surface area contributed by atoms with Crippen LogP contribution < -0.4 is 47.9 Å². The summed E-state index contributed by atoms with van der Waals surface area (Å²) in [7, 11) is 0. The number of carboxylic acids is 1. The van der Waals surface area contributed by atoms with Crippen molar-refractivity contribution in [2.24, 2.45) is 29.6 Å². The number of carbonyl (C=O) groups is 11. The summed E-state index contributed by atoms with van der Waals surface area (Å²) < 4.78 is 5.82. The van der Waals surface area contributed by atoms with Gasteiger partial charge in [0.1, 0.15) is 60.5 Å². The molecule has 0 aromatic heterocycles. The number of ether oxygens (including phenoxy) is 1. The lowest BCUT2D eigenvalue weighted by Crippen LogP contribution is -2.64. The Morgan fingerprint density at radius 1 is 0.582 bits per heavy atom. The smallest absolute Gasteiger partial charge is 0.329 e. The summed E-state index contributed by atoms with van der Waals surface area (Å²) in [4.78, 5) is 152. The number of unbranched alkanes of at least 4 members (excludes halogenated alkanes) is 4. The molecule has 1 saturated heterocycles. The van der Waals surface area contributed by atoms with Gasteiger partial charge in [-0.2, -0.15) is 0 Å². The van der Waals surface area contributed by atoms with Gasteiger partial charge in [-0.25, -0.2) is 4.79 Å². The Morgan fingerprint density at radius 3 is 1.56 bits per heavy atom. The van der Waals surface area contributed by atoms with Crippen LogP contribution in [-0.4, -0.2) is 165 Å². The first-order valence-corrected chi connectivity index (χ1v) is 28.0. The van der Waals surface area contributed by atoms with Gasteiger partial charge in [0, 0.05) is 6.42 Å². The minimum atomic E-state index is -1.95. The summed E-state index contributed by atoms with van der Waals surface area (Å²) in [5.41, 5.74) is 0. The average molecular weight is 1130 g/mol. The highest BCUT2D eigenvalue weighted by Crippen LogP contribution is 2.17. The second-order valence-electron chi connectivity index (χ2n) is 22.4. The van der Waals surface area contributed by atoms with Gasteiger partial charge in [0.15, 0.2) is 0 Å². The first-order valence-electron chi connectivity index (χ1n) is 28.0. The molecular formula is C54H95N9O16. The van der Waals surface area contributed by atoms with Crippen molar-refractivity contribution in [3.05, 3.63) is 0 Å². The zero-order chi connectivity index (χ0) is 60.3. The van der Waals surface area contributed by atoms with Gasteiger partial charge in [0.25, 0.3) is 0 Å². The number of aliphatic hydroxyl groups is 3. The van der Waals surface area contributed by atoms with E-state index in [1.807, 2.05) is 0 Å². The molecule has 0 radical (unpaired) electrons. The minimum absolute atomic E-state index is 0.0100. The molecule has 1 aliphatic heterocycles. The van der Waals surface area contributed by atoms with Crippen molar-refractivity contribution < 1.29 is 77.9 Å². The molecule has 12 atom stereocenters. The second kappa shape index (κ2) is 36.3. The lowest BCUT2D eigenvalue weighted by Gasteiger charge is -2.32. The van der Waals surface area contributed by atoms with Gasteiger partial charge in [-0.3, -0.25) is 47.9 Å². The number of cyclic esters (lactones) is 1. The predicted molar refractivity (Wildman–Crippen MR) is 291 cm³/mol. The highest BCUT2D eigenvalue weighted by Gasteiger charge is 2.40. The molecular weight excluding hydrogens is 1030 g/mol. The van der Waals surface area contributed by atoms with Crippen LogP contribution in [0.25, 0.3) is 0 Å². The topological polar surface area (TPSA) is 386 Å². The van der Waals surface area contributed by atoms with E-state index in [1.165, 1.54) is 6.92 Å². The Hall–Kier alpha value is -5.95. The average Bonchev–Trinajstić information content (AvgIpc) is 3.36. The molecule has 25 nitrogen and oxygen atoms in total. The van der Waals surface area contributed by atoms with Gasteiger partial charge in [-0.15, -0.1) is 0 Å². The van der Waals surface area contributed by atoms with E-state index in [0.717, 1.165) is 25.7 Å². The molecule has 0 spiro atoms. The van der Waals surface area contributed by atoms with Crippen molar-refractivity contribution >= 4 is 65.1 Å². The molecule has 3 unspecified atom stereocenters. The Labute approximate surface area is 465 Å². The maximum atomic E-state index is 14.7. The summed E-state index contributed by atoms with van der Waals surface area (Å²) in [5, 5.41) is 63.5. The van der Waals surface area contributed by atoms with Crippen LogP contribution in [0.5, 0.6) is 0 Å². The van der Waals surface area contributed by atoms with Crippen LogP contribution in [-0.2, 0) is 57.5 Å². The van der Waals surface area contributed by atoms with Gasteiger partial charge in [0.2, 0.25) is 53.2 Å². The quantitative estimate of drug-likeness (QED) is 0.0383. The third-order valence-corrected chi connectivity index (χ3v) is 13.4. The number of hydrogen-bond acceptors (Lipinski definition) is 15. The highest BCUT2D eigenvalue weighted by molar-refractivity contribution is 5.99. The van der Waals surface area contributed by atoms with Gasteiger partial charge >= 0.3 is 11.9 Å². The van der Waals surface area contributed by atoms with Crippen LogP contribution in [0.2, 0.25) is 0 Å². The molecule has 1 aliphatic rings. The Kier molecular flexibility index (Phi) is 32.7. The van der Waals surface area contributed by atoms with E-state index in [1.54, 1.807) is 69.2 Å². The number of aliphatic hydroxyl groups excluding tert-OH is 3. The van der Waals surface area contributed by atoms with Crippen molar-refractivity contribution in [1.29, 1.82) is 0 Å². The lowest BCUT2D eigenvalue weighted by atomic mass is 9.98. The first-order chi connectivity index (χ1) is 37.0. The molecule has 1 rings (SSSR count). The molecule has 1 heterocycles. The fourth-order valence-corrected chi connectivity index (χ4v) is 8.61. The number of rotatable bonds is 27. The van der Waals surface area contributed by atoms with Crippen LogP contribution in [0.4, 0.5) is 0 Å².